The quantitative estimate of drug-likeness (QED) is 0.893. The van der Waals surface area contributed by atoms with E-state index in [0.717, 1.165) is 30.3 Å². The van der Waals surface area contributed by atoms with Crippen LogP contribution in [0.4, 0.5) is 0 Å². The summed E-state index contributed by atoms with van der Waals surface area (Å²) in [5.74, 6) is 0. The number of nitrogens with two attached hydrogens (primary N) is 1. The van der Waals surface area contributed by atoms with Gasteiger partial charge in [0.2, 0.25) is 0 Å². The van der Waals surface area contributed by atoms with E-state index in [1.54, 1.807) is 0 Å². The molecule has 2 unspecified atom stereocenters. The highest BCUT2D eigenvalue weighted by molar-refractivity contribution is 9.10. The lowest BCUT2D eigenvalue weighted by molar-refractivity contribution is 0.100. The molecule has 2 nitrogen and oxygen atoms in total. The Morgan fingerprint density at radius 1 is 1.39 bits per heavy atom. The first kappa shape index (κ1) is 14.0. The Hall–Kier alpha value is -0.380. The average Bonchev–Trinajstić information content (AvgIpc) is 2.82. The molecule has 0 bridgehead atoms. The van der Waals surface area contributed by atoms with Crippen molar-refractivity contribution in [1.29, 1.82) is 0 Å². The van der Waals surface area contributed by atoms with E-state index < -0.39 is 0 Å². The maximum Gasteiger partial charge on any atom is 0.0576 e. The average molecular weight is 312 g/mol. The predicted octanol–water partition coefficient (Wildman–Crippen LogP) is 3.97. The first-order chi connectivity index (χ1) is 8.58. The maximum absolute atomic E-state index is 6.42. The van der Waals surface area contributed by atoms with Crippen LogP contribution in [0.2, 0.25) is 0 Å². The molecule has 2 N–H and O–H groups in total. The van der Waals surface area contributed by atoms with Crippen LogP contribution in [-0.2, 0) is 10.3 Å². The molecule has 0 radical (unpaired) electrons. The molecule has 0 amide bonds. The number of halogens is 1. The van der Waals surface area contributed by atoms with Crippen molar-refractivity contribution in [3.8, 4) is 0 Å². The fourth-order valence-corrected chi connectivity index (χ4v) is 2.81. The van der Waals surface area contributed by atoms with E-state index in [1.807, 2.05) is 0 Å². The van der Waals surface area contributed by atoms with Crippen LogP contribution in [0.3, 0.4) is 0 Å². The van der Waals surface area contributed by atoms with Crippen LogP contribution in [0.5, 0.6) is 0 Å². The smallest absolute Gasteiger partial charge is 0.0576 e. The summed E-state index contributed by atoms with van der Waals surface area (Å²) in [4.78, 5) is 0. The van der Waals surface area contributed by atoms with E-state index in [4.69, 9.17) is 10.5 Å². The molecule has 1 aliphatic rings. The second-order valence-corrected chi connectivity index (χ2v) is 6.37. The van der Waals surface area contributed by atoms with Crippen molar-refractivity contribution in [2.24, 2.45) is 5.73 Å². The van der Waals surface area contributed by atoms with Crippen molar-refractivity contribution in [2.45, 2.75) is 50.7 Å². The zero-order valence-electron chi connectivity index (χ0n) is 11.0. The van der Waals surface area contributed by atoms with Crippen LogP contribution in [0.15, 0.2) is 28.7 Å². The lowest BCUT2D eigenvalue weighted by Crippen LogP contribution is -2.33. The zero-order chi connectivity index (χ0) is 13.0. The molecule has 0 spiro atoms. The van der Waals surface area contributed by atoms with Gasteiger partial charge in [-0.05, 0) is 56.7 Å². The number of hydrogen-bond donors (Lipinski definition) is 1. The predicted molar refractivity (Wildman–Crippen MR) is 78.5 cm³/mol. The third-order valence-corrected chi connectivity index (χ3v) is 4.28. The minimum absolute atomic E-state index is 0.237. The highest BCUT2D eigenvalue weighted by Gasteiger charge is 2.22. The minimum Gasteiger partial charge on any atom is -0.378 e. The van der Waals surface area contributed by atoms with Crippen LogP contribution >= 0.6 is 15.9 Å². The number of ether oxygens (including phenoxy) is 1. The summed E-state index contributed by atoms with van der Waals surface area (Å²) < 4.78 is 6.74. The van der Waals surface area contributed by atoms with Crippen molar-refractivity contribution in [1.82, 2.24) is 0 Å². The van der Waals surface area contributed by atoms with Crippen LogP contribution < -0.4 is 5.73 Å². The summed E-state index contributed by atoms with van der Waals surface area (Å²) in [6, 6.07) is 8.33. The Labute approximate surface area is 118 Å². The molecule has 2 rings (SSSR count). The second-order valence-electron chi connectivity index (χ2n) is 5.45. The van der Waals surface area contributed by atoms with E-state index in [-0.39, 0.29) is 5.54 Å². The van der Waals surface area contributed by atoms with Gasteiger partial charge in [0.1, 0.15) is 0 Å². The SMILES string of the molecule is CC(N)(CCCC1CCCO1)c1ccc(Br)cc1. The zero-order valence-corrected chi connectivity index (χ0v) is 12.6. The third kappa shape index (κ3) is 3.81. The first-order valence-corrected chi connectivity index (χ1v) is 7.54. The Bertz CT molecular complexity index is 369. The van der Waals surface area contributed by atoms with E-state index in [9.17, 15) is 0 Å². The Balaban J connectivity index is 1.84. The van der Waals surface area contributed by atoms with Gasteiger partial charge in [0.15, 0.2) is 0 Å². The van der Waals surface area contributed by atoms with Crippen molar-refractivity contribution >= 4 is 15.9 Å². The number of benzene rings is 1. The topological polar surface area (TPSA) is 35.2 Å². The molecule has 0 aromatic heterocycles. The molecule has 100 valence electrons. The summed E-state index contributed by atoms with van der Waals surface area (Å²) in [6.07, 6.45) is 6.20. The van der Waals surface area contributed by atoms with Gasteiger partial charge in [-0.15, -0.1) is 0 Å². The summed E-state index contributed by atoms with van der Waals surface area (Å²) in [5.41, 5.74) is 7.39. The molecule has 1 aliphatic heterocycles. The Morgan fingerprint density at radius 3 is 2.72 bits per heavy atom. The lowest BCUT2D eigenvalue weighted by Gasteiger charge is -2.26. The number of hydrogen-bond acceptors (Lipinski definition) is 2. The van der Waals surface area contributed by atoms with Gasteiger partial charge in [0, 0.05) is 16.6 Å². The fraction of sp³-hybridized carbons (Fsp3) is 0.600. The van der Waals surface area contributed by atoms with Gasteiger partial charge in [0.25, 0.3) is 0 Å². The molecule has 1 fully saturated rings. The fourth-order valence-electron chi connectivity index (χ4n) is 2.54. The third-order valence-electron chi connectivity index (χ3n) is 3.75. The van der Waals surface area contributed by atoms with E-state index in [2.05, 4.69) is 47.1 Å². The van der Waals surface area contributed by atoms with Crippen molar-refractivity contribution in [3.63, 3.8) is 0 Å². The first-order valence-electron chi connectivity index (χ1n) is 6.74. The van der Waals surface area contributed by atoms with Gasteiger partial charge in [-0.1, -0.05) is 28.1 Å². The molecule has 1 saturated heterocycles. The molecule has 1 aromatic rings. The Morgan fingerprint density at radius 2 is 2.11 bits per heavy atom. The summed E-state index contributed by atoms with van der Waals surface area (Å²) >= 11 is 3.45. The van der Waals surface area contributed by atoms with E-state index in [0.29, 0.717) is 6.10 Å². The Kier molecular flexibility index (Phi) is 4.82. The minimum atomic E-state index is -0.237. The second kappa shape index (κ2) is 6.18. The summed E-state index contributed by atoms with van der Waals surface area (Å²) in [5, 5.41) is 0. The lowest BCUT2D eigenvalue weighted by atomic mass is 9.87. The molecule has 1 aromatic carbocycles. The van der Waals surface area contributed by atoms with Crippen molar-refractivity contribution in [2.75, 3.05) is 6.61 Å². The van der Waals surface area contributed by atoms with Crippen LogP contribution in [0.1, 0.15) is 44.6 Å². The molecular weight excluding hydrogens is 290 g/mol. The molecule has 18 heavy (non-hydrogen) atoms. The monoisotopic (exact) mass is 311 g/mol. The molecular formula is C15H22BrNO. The largest absolute Gasteiger partial charge is 0.378 e. The van der Waals surface area contributed by atoms with Crippen molar-refractivity contribution in [3.05, 3.63) is 34.3 Å². The van der Waals surface area contributed by atoms with Crippen LogP contribution in [-0.4, -0.2) is 12.7 Å². The van der Waals surface area contributed by atoms with Gasteiger partial charge in [-0.25, -0.2) is 0 Å². The standard InChI is InChI=1S/C15H22BrNO/c1-15(17,12-6-8-13(16)9-7-12)10-2-4-14-5-3-11-18-14/h6-9,14H,2-5,10-11,17H2,1H3. The van der Waals surface area contributed by atoms with E-state index >= 15 is 0 Å². The summed E-state index contributed by atoms with van der Waals surface area (Å²) in [7, 11) is 0. The summed E-state index contributed by atoms with van der Waals surface area (Å²) in [6.45, 7) is 3.06. The van der Waals surface area contributed by atoms with Gasteiger partial charge in [0.05, 0.1) is 6.10 Å². The van der Waals surface area contributed by atoms with Crippen LogP contribution in [0.25, 0.3) is 0 Å². The maximum atomic E-state index is 6.42. The number of rotatable bonds is 5. The van der Waals surface area contributed by atoms with Gasteiger partial charge in [-0.2, -0.15) is 0 Å². The highest BCUT2D eigenvalue weighted by Crippen LogP contribution is 2.27. The van der Waals surface area contributed by atoms with Crippen LogP contribution in [0, 0.1) is 0 Å². The van der Waals surface area contributed by atoms with Gasteiger partial charge >= 0.3 is 0 Å². The molecule has 2 atom stereocenters. The normalized spacial score (nSPS) is 22.9. The van der Waals surface area contributed by atoms with E-state index in [1.165, 1.54) is 18.4 Å². The highest BCUT2D eigenvalue weighted by atomic mass is 79.9. The molecule has 1 heterocycles. The molecule has 3 heteroatoms. The molecule has 0 saturated carbocycles. The van der Waals surface area contributed by atoms with Crippen molar-refractivity contribution < 1.29 is 4.74 Å². The van der Waals surface area contributed by atoms with Gasteiger partial charge < -0.3 is 10.5 Å². The molecule has 0 aliphatic carbocycles. The van der Waals surface area contributed by atoms with Gasteiger partial charge in [-0.3, -0.25) is 0 Å².